The molecule has 1 heterocycles. The van der Waals surface area contributed by atoms with E-state index in [-0.39, 0.29) is 5.54 Å². The van der Waals surface area contributed by atoms with Crippen LogP contribution in [0, 0.1) is 0 Å². The van der Waals surface area contributed by atoms with Gasteiger partial charge >= 0.3 is 0 Å². The van der Waals surface area contributed by atoms with Crippen LogP contribution in [-0.4, -0.2) is 11.5 Å². The van der Waals surface area contributed by atoms with E-state index in [9.17, 15) is 0 Å². The molecule has 0 atom stereocenters. The van der Waals surface area contributed by atoms with Gasteiger partial charge in [0, 0.05) is 5.38 Å². The summed E-state index contributed by atoms with van der Waals surface area (Å²) in [4.78, 5) is 4.84. The van der Waals surface area contributed by atoms with Crippen LogP contribution in [0.5, 0.6) is 0 Å². The molecule has 0 spiro atoms. The fraction of sp³-hybridized carbons (Fsp3) is 0.769. The predicted octanol–water partition coefficient (Wildman–Crippen LogP) is 3.65. The lowest BCUT2D eigenvalue weighted by atomic mass is 9.98. The van der Waals surface area contributed by atoms with Gasteiger partial charge in [-0.3, -0.25) is 0 Å². The van der Waals surface area contributed by atoms with Crippen molar-refractivity contribution in [3.63, 3.8) is 0 Å². The molecule has 1 aromatic heterocycles. The lowest BCUT2D eigenvalue weighted by Crippen LogP contribution is -2.39. The first-order valence-electron chi connectivity index (χ1n) is 6.39. The standard InChI is InChI=1S/C13H22N2S/c1-4-14-13(7-5-6-8-13)12-15-11(9-16-12)10(2)3/h9-10,14H,4-8H2,1-3H3. The number of nitrogens with one attached hydrogen (secondary N) is 1. The monoisotopic (exact) mass is 238 g/mol. The van der Waals surface area contributed by atoms with Crippen molar-refractivity contribution in [2.75, 3.05) is 6.54 Å². The lowest BCUT2D eigenvalue weighted by Gasteiger charge is -2.27. The van der Waals surface area contributed by atoms with Crippen molar-refractivity contribution in [3.05, 3.63) is 16.1 Å². The minimum absolute atomic E-state index is 0.201. The van der Waals surface area contributed by atoms with Crippen LogP contribution in [0.3, 0.4) is 0 Å². The van der Waals surface area contributed by atoms with Crippen LogP contribution in [-0.2, 0) is 5.54 Å². The van der Waals surface area contributed by atoms with Gasteiger partial charge in [0.05, 0.1) is 11.2 Å². The van der Waals surface area contributed by atoms with Gasteiger partial charge in [0.25, 0.3) is 0 Å². The first-order chi connectivity index (χ1) is 7.68. The summed E-state index contributed by atoms with van der Waals surface area (Å²) in [6.45, 7) is 7.66. The second kappa shape index (κ2) is 4.84. The summed E-state index contributed by atoms with van der Waals surface area (Å²) in [5.41, 5.74) is 1.45. The first-order valence-corrected chi connectivity index (χ1v) is 7.27. The summed E-state index contributed by atoms with van der Waals surface area (Å²) in [5, 5.41) is 7.22. The maximum absolute atomic E-state index is 4.84. The zero-order chi connectivity index (χ0) is 11.6. The highest BCUT2D eigenvalue weighted by atomic mass is 32.1. The quantitative estimate of drug-likeness (QED) is 0.866. The Hall–Kier alpha value is -0.410. The molecule has 90 valence electrons. The summed E-state index contributed by atoms with van der Waals surface area (Å²) < 4.78 is 0. The van der Waals surface area contributed by atoms with E-state index in [4.69, 9.17) is 4.98 Å². The van der Waals surface area contributed by atoms with Gasteiger partial charge in [-0.05, 0) is 25.3 Å². The van der Waals surface area contributed by atoms with Crippen molar-refractivity contribution >= 4 is 11.3 Å². The molecular weight excluding hydrogens is 216 g/mol. The molecule has 3 heteroatoms. The molecular formula is C13H22N2S. The molecule has 0 saturated heterocycles. The maximum Gasteiger partial charge on any atom is 0.113 e. The third kappa shape index (κ3) is 2.16. The van der Waals surface area contributed by atoms with Crippen LogP contribution in [0.25, 0.3) is 0 Å². The van der Waals surface area contributed by atoms with Crippen LogP contribution >= 0.6 is 11.3 Å². The van der Waals surface area contributed by atoms with Crippen molar-refractivity contribution in [3.8, 4) is 0 Å². The number of rotatable bonds is 4. The third-order valence-corrected chi connectivity index (χ3v) is 4.56. The minimum Gasteiger partial charge on any atom is -0.306 e. The topological polar surface area (TPSA) is 24.9 Å². The zero-order valence-electron chi connectivity index (χ0n) is 10.5. The van der Waals surface area contributed by atoms with Crippen LogP contribution in [0.4, 0.5) is 0 Å². The van der Waals surface area contributed by atoms with E-state index in [1.54, 1.807) is 0 Å². The average molecular weight is 238 g/mol. The van der Waals surface area contributed by atoms with E-state index in [2.05, 4.69) is 31.5 Å². The number of aromatic nitrogens is 1. The van der Waals surface area contributed by atoms with Gasteiger partial charge in [-0.15, -0.1) is 11.3 Å². The zero-order valence-corrected chi connectivity index (χ0v) is 11.4. The number of thiazole rings is 1. The van der Waals surface area contributed by atoms with E-state index in [0.29, 0.717) is 5.92 Å². The van der Waals surface area contributed by atoms with Crippen LogP contribution < -0.4 is 5.32 Å². The largest absolute Gasteiger partial charge is 0.306 e. The molecule has 0 aromatic carbocycles. The van der Waals surface area contributed by atoms with Crippen LogP contribution in [0.2, 0.25) is 0 Å². The number of nitrogens with zero attached hydrogens (tertiary/aromatic N) is 1. The van der Waals surface area contributed by atoms with Crippen molar-refractivity contribution in [2.24, 2.45) is 0 Å². The minimum atomic E-state index is 0.201. The van der Waals surface area contributed by atoms with Gasteiger partial charge < -0.3 is 5.32 Å². The Morgan fingerprint density at radius 2 is 2.12 bits per heavy atom. The molecule has 1 aromatic rings. The highest BCUT2D eigenvalue weighted by Crippen LogP contribution is 2.40. The maximum atomic E-state index is 4.84. The molecule has 1 aliphatic rings. The molecule has 1 fully saturated rings. The van der Waals surface area contributed by atoms with E-state index in [1.165, 1.54) is 36.4 Å². The van der Waals surface area contributed by atoms with E-state index in [1.807, 2.05) is 11.3 Å². The molecule has 0 bridgehead atoms. The van der Waals surface area contributed by atoms with Gasteiger partial charge in [-0.1, -0.05) is 33.6 Å². The third-order valence-electron chi connectivity index (χ3n) is 3.50. The average Bonchev–Trinajstić information content (AvgIpc) is 2.85. The number of hydrogen-bond donors (Lipinski definition) is 1. The fourth-order valence-electron chi connectivity index (χ4n) is 2.55. The molecule has 1 aliphatic carbocycles. The Kier molecular flexibility index (Phi) is 3.65. The van der Waals surface area contributed by atoms with Crippen molar-refractivity contribution < 1.29 is 0 Å². The molecule has 2 rings (SSSR count). The fourth-order valence-corrected chi connectivity index (χ4v) is 3.77. The molecule has 1 N–H and O–H groups in total. The molecule has 0 unspecified atom stereocenters. The summed E-state index contributed by atoms with van der Waals surface area (Å²) in [6, 6.07) is 0. The highest BCUT2D eigenvalue weighted by molar-refractivity contribution is 7.09. The Morgan fingerprint density at radius 1 is 1.44 bits per heavy atom. The Bertz CT molecular complexity index is 337. The normalized spacial score (nSPS) is 19.5. The van der Waals surface area contributed by atoms with Crippen molar-refractivity contribution in [2.45, 2.75) is 57.9 Å². The molecule has 0 radical (unpaired) electrons. The Labute approximate surface area is 102 Å². The van der Waals surface area contributed by atoms with Crippen LogP contribution in [0.1, 0.15) is 63.1 Å². The summed E-state index contributed by atoms with van der Waals surface area (Å²) in [5.74, 6) is 0.546. The first kappa shape index (κ1) is 12.1. The second-order valence-corrected chi connectivity index (χ2v) is 5.91. The van der Waals surface area contributed by atoms with E-state index >= 15 is 0 Å². The van der Waals surface area contributed by atoms with Crippen molar-refractivity contribution in [1.29, 1.82) is 0 Å². The second-order valence-electron chi connectivity index (χ2n) is 5.05. The van der Waals surface area contributed by atoms with Gasteiger partial charge in [0.2, 0.25) is 0 Å². The Morgan fingerprint density at radius 3 is 2.62 bits per heavy atom. The lowest BCUT2D eigenvalue weighted by molar-refractivity contribution is 0.348. The number of hydrogen-bond acceptors (Lipinski definition) is 3. The molecule has 0 aliphatic heterocycles. The van der Waals surface area contributed by atoms with Gasteiger partial charge in [-0.25, -0.2) is 4.98 Å². The van der Waals surface area contributed by atoms with Gasteiger partial charge in [0.1, 0.15) is 5.01 Å². The Balaban J connectivity index is 2.24. The van der Waals surface area contributed by atoms with Gasteiger partial charge in [0.15, 0.2) is 0 Å². The van der Waals surface area contributed by atoms with Crippen molar-refractivity contribution in [1.82, 2.24) is 10.3 Å². The smallest absolute Gasteiger partial charge is 0.113 e. The molecule has 16 heavy (non-hydrogen) atoms. The summed E-state index contributed by atoms with van der Waals surface area (Å²) in [6.07, 6.45) is 5.19. The van der Waals surface area contributed by atoms with Crippen LogP contribution in [0.15, 0.2) is 5.38 Å². The molecule has 0 amide bonds. The summed E-state index contributed by atoms with van der Waals surface area (Å²) >= 11 is 1.84. The summed E-state index contributed by atoms with van der Waals surface area (Å²) in [7, 11) is 0. The van der Waals surface area contributed by atoms with E-state index in [0.717, 1.165) is 6.54 Å². The van der Waals surface area contributed by atoms with E-state index < -0.39 is 0 Å². The molecule has 1 saturated carbocycles. The highest BCUT2D eigenvalue weighted by Gasteiger charge is 2.37. The van der Waals surface area contributed by atoms with Gasteiger partial charge in [-0.2, -0.15) is 0 Å². The SMILES string of the molecule is CCNC1(c2nc(C(C)C)cs2)CCCC1. The molecule has 2 nitrogen and oxygen atoms in total. The predicted molar refractivity (Wildman–Crippen MR) is 70.0 cm³/mol.